The quantitative estimate of drug-likeness (QED) is 0.656. The molecule has 1 N–H and O–H groups in total. The normalized spacial score (nSPS) is 14.6. The molecule has 0 aromatic carbocycles. The number of pyridine rings is 1. The van der Waals surface area contributed by atoms with E-state index in [1.807, 2.05) is 16.7 Å². The predicted molar refractivity (Wildman–Crippen MR) is 82.4 cm³/mol. The van der Waals surface area contributed by atoms with E-state index in [9.17, 15) is 4.79 Å². The van der Waals surface area contributed by atoms with Gasteiger partial charge in [-0.25, -0.2) is 9.97 Å². The number of hydrogen-bond donors (Lipinski definition) is 1. The molecule has 2 aromatic heterocycles. The van der Waals surface area contributed by atoms with E-state index in [1.165, 1.54) is 36.6 Å². The highest BCUT2D eigenvalue weighted by atomic mass is 32.2. The van der Waals surface area contributed by atoms with Gasteiger partial charge in [-0.3, -0.25) is 4.79 Å². The highest BCUT2D eigenvalue weighted by molar-refractivity contribution is 7.99. The Morgan fingerprint density at radius 2 is 2.38 bits per heavy atom. The van der Waals surface area contributed by atoms with Crippen molar-refractivity contribution in [1.82, 2.24) is 14.5 Å². The lowest BCUT2D eigenvalue weighted by molar-refractivity contribution is -0.133. The van der Waals surface area contributed by atoms with Crippen molar-refractivity contribution < 1.29 is 9.90 Å². The van der Waals surface area contributed by atoms with Crippen molar-refractivity contribution >= 4 is 28.9 Å². The number of imidazole rings is 1. The monoisotopic (exact) mass is 303 g/mol. The average Bonchev–Trinajstić information content (AvgIpc) is 3.10. The van der Waals surface area contributed by atoms with E-state index in [-0.39, 0.29) is 5.75 Å². The van der Waals surface area contributed by atoms with Crippen molar-refractivity contribution in [1.29, 1.82) is 0 Å². The first-order chi connectivity index (χ1) is 10.2. The summed E-state index contributed by atoms with van der Waals surface area (Å²) >= 11 is 1.26. The summed E-state index contributed by atoms with van der Waals surface area (Å²) < 4.78 is 2.04. The molecule has 2 heterocycles. The number of hydrogen-bond acceptors (Lipinski definition) is 4. The minimum absolute atomic E-state index is 0.0199. The molecule has 0 unspecified atom stereocenters. The maximum atomic E-state index is 10.8. The van der Waals surface area contributed by atoms with E-state index in [2.05, 4.69) is 16.0 Å². The third kappa shape index (κ3) is 3.26. The van der Waals surface area contributed by atoms with E-state index in [0.29, 0.717) is 0 Å². The fraction of sp³-hybridized carbons (Fsp3) is 0.400. The highest BCUT2D eigenvalue weighted by Crippen LogP contribution is 2.26. The highest BCUT2D eigenvalue weighted by Gasteiger charge is 2.14. The molecule has 1 aliphatic rings. The van der Waals surface area contributed by atoms with Gasteiger partial charge < -0.3 is 9.67 Å². The number of nitrogens with zero attached hydrogens (tertiary/aromatic N) is 3. The van der Waals surface area contributed by atoms with Crippen LogP contribution in [0.2, 0.25) is 0 Å². The van der Waals surface area contributed by atoms with Gasteiger partial charge in [-0.2, -0.15) is 0 Å². The van der Waals surface area contributed by atoms with Crippen molar-refractivity contribution in [3.05, 3.63) is 30.0 Å². The molecule has 3 rings (SSSR count). The molecule has 0 bridgehead atoms. The third-order valence-corrected chi connectivity index (χ3v) is 4.55. The first-order valence-electron chi connectivity index (χ1n) is 7.08. The summed E-state index contributed by atoms with van der Waals surface area (Å²) in [5.74, 6) is -0.809. The van der Waals surface area contributed by atoms with Gasteiger partial charge in [0, 0.05) is 12.7 Å². The number of thioether (sulfide) groups is 1. The molecular weight excluding hydrogens is 286 g/mol. The molecule has 2 aromatic rings. The zero-order valence-electron chi connectivity index (χ0n) is 11.7. The number of aryl methyl sites for hydroxylation is 1. The largest absolute Gasteiger partial charge is 0.481 e. The van der Waals surface area contributed by atoms with E-state index in [4.69, 9.17) is 5.11 Å². The molecule has 5 nitrogen and oxygen atoms in total. The summed E-state index contributed by atoms with van der Waals surface area (Å²) in [6.07, 6.45) is 8.66. The molecule has 0 spiro atoms. The molecule has 0 atom stereocenters. The van der Waals surface area contributed by atoms with Crippen LogP contribution in [0.5, 0.6) is 0 Å². The summed E-state index contributed by atoms with van der Waals surface area (Å²) in [6.45, 7) is 0.807. The number of fused-ring (bicyclic) bond motifs is 1. The zero-order valence-corrected chi connectivity index (χ0v) is 12.5. The molecule has 1 aliphatic carbocycles. The topological polar surface area (TPSA) is 68.0 Å². The second-order valence-electron chi connectivity index (χ2n) is 5.08. The number of carboxylic acid groups (broad SMARTS) is 1. The molecule has 0 radical (unpaired) electrons. The summed E-state index contributed by atoms with van der Waals surface area (Å²) in [6, 6.07) is 3.77. The van der Waals surface area contributed by atoms with Gasteiger partial charge in [0.1, 0.15) is 5.52 Å². The molecule has 0 saturated carbocycles. The zero-order chi connectivity index (χ0) is 14.7. The van der Waals surface area contributed by atoms with Gasteiger partial charge >= 0.3 is 5.97 Å². The van der Waals surface area contributed by atoms with Crippen LogP contribution in [-0.2, 0) is 11.3 Å². The second kappa shape index (κ2) is 6.30. The van der Waals surface area contributed by atoms with E-state index < -0.39 is 5.97 Å². The van der Waals surface area contributed by atoms with Crippen LogP contribution in [0.25, 0.3) is 11.2 Å². The number of aliphatic carboxylic acids is 1. The fourth-order valence-electron chi connectivity index (χ4n) is 2.60. The minimum Gasteiger partial charge on any atom is -0.481 e. The lowest BCUT2D eigenvalue weighted by atomic mass is 10.2. The SMILES string of the molecule is O=C(O)CSc1nc2cccnc2n1CCC1=CCCC1. The smallest absolute Gasteiger partial charge is 0.313 e. The third-order valence-electron chi connectivity index (χ3n) is 3.59. The predicted octanol–water partition coefficient (Wildman–Crippen LogP) is 3.11. The van der Waals surface area contributed by atoms with Crippen LogP contribution >= 0.6 is 11.8 Å². The number of rotatable bonds is 6. The number of carbonyl (C=O) groups is 1. The van der Waals surface area contributed by atoms with Crippen LogP contribution in [0, 0.1) is 0 Å². The lowest BCUT2D eigenvalue weighted by Gasteiger charge is -2.08. The molecule has 0 saturated heterocycles. The first-order valence-corrected chi connectivity index (χ1v) is 8.06. The van der Waals surface area contributed by atoms with Crippen LogP contribution in [0.4, 0.5) is 0 Å². The number of carboxylic acids is 1. The van der Waals surface area contributed by atoms with Crippen molar-refractivity contribution in [3.63, 3.8) is 0 Å². The molecule has 0 amide bonds. The lowest BCUT2D eigenvalue weighted by Crippen LogP contribution is -2.04. The van der Waals surface area contributed by atoms with Gasteiger partial charge in [0.15, 0.2) is 10.8 Å². The molecular formula is C15H17N3O2S. The summed E-state index contributed by atoms with van der Waals surface area (Å²) in [5, 5.41) is 9.60. The Balaban J connectivity index is 1.85. The molecule has 21 heavy (non-hydrogen) atoms. The van der Waals surface area contributed by atoms with Gasteiger partial charge in [0.05, 0.1) is 5.75 Å². The van der Waals surface area contributed by atoms with E-state index in [0.717, 1.165) is 29.3 Å². The van der Waals surface area contributed by atoms with Gasteiger partial charge in [-0.05, 0) is 37.8 Å². The Morgan fingerprint density at radius 3 is 3.14 bits per heavy atom. The maximum Gasteiger partial charge on any atom is 0.313 e. The van der Waals surface area contributed by atoms with E-state index >= 15 is 0 Å². The summed E-state index contributed by atoms with van der Waals surface area (Å²) in [7, 11) is 0. The molecule has 110 valence electrons. The molecule has 6 heteroatoms. The van der Waals surface area contributed by atoms with E-state index in [1.54, 1.807) is 6.20 Å². The van der Waals surface area contributed by atoms with Crippen LogP contribution in [0.3, 0.4) is 0 Å². The standard InChI is InChI=1S/C15H17N3O2S/c19-13(20)10-21-15-17-12-6-3-8-16-14(12)18(15)9-7-11-4-1-2-5-11/h3-4,6,8H,1-2,5,7,9-10H2,(H,19,20). The Morgan fingerprint density at radius 1 is 1.48 bits per heavy atom. The van der Waals surface area contributed by atoms with Crippen molar-refractivity contribution in [3.8, 4) is 0 Å². The summed E-state index contributed by atoms with van der Waals surface area (Å²) in [5.41, 5.74) is 3.15. The van der Waals surface area contributed by atoms with Crippen LogP contribution in [-0.4, -0.2) is 31.4 Å². The second-order valence-corrected chi connectivity index (χ2v) is 6.02. The Bertz CT molecular complexity index is 693. The van der Waals surface area contributed by atoms with Crippen molar-refractivity contribution in [2.24, 2.45) is 0 Å². The Hall–Kier alpha value is -1.82. The van der Waals surface area contributed by atoms with Gasteiger partial charge in [-0.1, -0.05) is 23.4 Å². The van der Waals surface area contributed by atoms with Gasteiger partial charge in [0.25, 0.3) is 0 Å². The van der Waals surface area contributed by atoms with Crippen LogP contribution in [0.15, 0.2) is 35.1 Å². The van der Waals surface area contributed by atoms with Crippen LogP contribution < -0.4 is 0 Å². The minimum atomic E-state index is -0.829. The summed E-state index contributed by atoms with van der Waals surface area (Å²) in [4.78, 5) is 19.7. The Kier molecular flexibility index (Phi) is 4.24. The van der Waals surface area contributed by atoms with Crippen molar-refractivity contribution in [2.45, 2.75) is 37.4 Å². The Labute approximate surface area is 127 Å². The molecule has 0 aliphatic heterocycles. The van der Waals surface area contributed by atoms with Crippen LogP contribution in [0.1, 0.15) is 25.7 Å². The van der Waals surface area contributed by atoms with Gasteiger partial charge in [0.2, 0.25) is 0 Å². The first kappa shape index (κ1) is 14.1. The number of aromatic nitrogens is 3. The van der Waals surface area contributed by atoms with Gasteiger partial charge in [-0.15, -0.1) is 0 Å². The van der Waals surface area contributed by atoms with Crippen molar-refractivity contribution in [2.75, 3.05) is 5.75 Å². The number of allylic oxidation sites excluding steroid dienone is 2. The molecule has 0 fully saturated rings. The average molecular weight is 303 g/mol. The fourth-order valence-corrected chi connectivity index (χ4v) is 3.34. The maximum absolute atomic E-state index is 10.8.